The van der Waals surface area contributed by atoms with Crippen molar-refractivity contribution < 1.29 is 13.2 Å². The maximum atomic E-state index is 12.5. The number of piperidine rings is 1. The second kappa shape index (κ2) is 6.09. The number of rotatable bonds is 3. The molecule has 1 fully saturated rings. The third-order valence-electron chi connectivity index (χ3n) is 3.35. The molecular formula is C12H16ClN3O3S. The van der Waals surface area contributed by atoms with Gasteiger partial charge in [-0.1, -0.05) is 11.6 Å². The average molecular weight is 318 g/mol. The van der Waals surface area contributed by atoms with E-state index in [0.29, 0.717) is 24.4 Å². The van der Waals surface area contributed by atoms with Crippen LogP contribution in [0.4, 0.5) is 0 Å². The molecule has 0 saturated carbocycles. The van der Waals surface area contributed by atoms with E-state index in [9.17, 15) is 13.2 Å². The lowest BCUT2D eigenvalue weighted by molar-refractivity contribution is -0.126. The third kappa shape index (κ3) is 3.12. The van der Waals surface area contributed by atoms with Crippen LogP contribution in [0.5, 0.6) is 0 Å². The molecule has 1 saturated heterocycles. The number of nitrogens with two attached hydrogens (primary N) is 1. The minimum atomic E-state index is -3.60. The van der Waals surface area contributed by atoms with E-state index in [2.05, 4.69) is 5.43 Å². The number of carbonyl (C=O) groups excluding carboxylic acids is 1. The normalized spacial score (nSPS) is 20.6. The number of hydrogen-bond donors (Lipinski definition) is 2. The molecule has 2 rings (SSSR count). The summed E-state index contributed by atoms with van der Waals surface area (Å²) in [7, 11) is -3.60. The van der Waals surface area contributed by atoms with Crippen molar-refractivity contribution in [3.05, 3.63) is 29.3 Å². The van der Waals surface area contributed by atoms with Gasteiger partial charge in [0.15, 0.2) is 0 Å². The molecule has 1 aromatic carbocycles. The summed E-state index contributed by atoms with van der Waals surface area (Å²) in [5.41, 5.74) is 2.08. The second-order valence-electron chi connectivity index (χ2n) is 4.66. The molecule has 0 aromatic heterocycles. The maximum Gasteiger partial charge on any atom is 0.243 e. The molecule has 110 valence electrons. The van der Waals surface area contributed by atoms with Crippen LogP contribution in [0.1, 0.15) is 12.8 Å². The smallest absolute Gasteiger partial charge is 0.243 e. The highest BCUT2D eigenvalue weighted by molar-refractivity contribution is 7.89. The molecule has 6 nitrogen and oxygen atoms in total. The number of nitrogens with zero attached hydrogens (tertiary/aromatic N) is 1. The van der Waals surface area contributed by atoms with Gasteiger partial charge in [-0.15, -0.1) is 0 Å². The highest BCUT2D eigenvalue weighted by Crippen LogP contribution is 2.24. The summed E-state index contributed by atoms with van der Waals surface area (Å²) in [4.78, 5) is 11.7. The first-order valence-corrected chi connectivity index (χ1v) is 8.03. The topological polar surface area (TPSA) is 92.5 Å². The zero-order valence-electron chi connectivity index (χ0n) is 10.8. The molecule has 1 heterocycles. The quantitative estimate of drug-likeness (QED) is 0.488. The second-order valence-corrected chi connectivity index (χ2v) is 7.04. The molecule has 1 amide bonds. The highest BCUT2D eigenvalue weighted by atomic mass is 35.5. The molecule has 20 heavy (non-hydrogen) atoms. The van der Waals surface area contributed by atoms with Crippen LogP contribution in [0, 0.1) is 5.92 Å². The molecule has 0 bridgehead atoms. The van der Waals surface area contributed by atoms with Gasteiger partial charge in [0.2, 0.25) is 15.9 Å². The van der Waals surface area contributed by atoms with Crippen LogP contribution in [-0.2, 0) is 14.8 Å². The van der Waals surface area contributed by atoms with Crippen molar-refractivity contribution in [3.63, 3.8) is 0 Å². The summed E-state index contributed by atoms with van der Waals surface area (Å²) < 4.78 is 26.3. The van der Waals surface area contributed by atoms with Crippen molar-refractivity contribution in [2.75, 3.05) is 13.1 Å². The molecule has 3 N–H and O–H groups in total. The van der Waals surface area contributed by atoms with E-state index in [-0.39, 0.29) is 17.3 Å². The van der Waals surface area contributed by atoms with E-state index < -0.39 is 15.9 Å². The van der Waals surface area contributed by atoms with E-state index in [1.807, 2.05) is 0 Å². The van der Waals surface area contributed by atoms with Gasteiger partial charge in [0.25, 0.3) is 0 Å². The number of amides is 1. The Morgan fingerprint density at radius 2 is 2.00 bits per heavy atom. The van der Waals surface area contributed by atoms with Crippen molar-refractivity contribution >= 4 is 27.5 Å². The standard InChI is InChI=1S/C12H16ClN3O3S/c13-10-3-5-11(6-4-10)20(18,19)16-7-1-2-9(8-16)12(17)15-14/h3-6,9H,1-2,7-8,14H2,(H,15,17)/t9-/m1/s1. The fourth-order valence-corrected chi connectivity index (χ4v) is 3.90. The van der Waals surface area contributed by atoms with E-state index >= 15 is 0 Å². The summed E-state index contributed by atoms with van der Waals surface area (Å²) >= 11 is 5.76. The Labute approximate surface area is 122 Å². The lowest BCUT2D eigenvalue weighted by atomic mass is 9.99. The van der Waals surface area contributed by atoms with Gasteiger partial charge in [0.05, 0.1) is 10.8 Å². The lowest BCUT2D eigenvalue weighted by Gasteiger charge is -2.30. The van der Waals surface area contributed by atoms with Crippen molar-refractivity contribution in [2.45, 2.75) is 17.7 Å². The van der Waals surface area contributed by atoms with Crippen LogP contribution in [0.25, 0.3) is 0 Å². The highest BCUT2D eigenvalue weighted by Gasteiger charge is 2.32. The van der Waals surface area contributed by atoms with Gasteiger partial charge in [-0.3, -0.25) is 10.2 Å². The first-order chi connectivity index (χ1) is 9.45. The number of hydrazine groups is 1. The predicted octanol–water partition coefficient (Wildman–Crippen LogP) is 0.731. The van der Waals surface area contributed by atoms with Gasteiger partial charge in [0.1, 0.15) is 0 Å². The number of carbonyl (C=O) groups is 1. The number of benzene rings is 1. The number of hydrogen-bond acceptors (Lipinski definition) is 4. The summed E-state index contributed by atoms with van der Waals surface area (Å²) in [5.74, 6) is 4.36. The van der Waals surface area contributed by atoms with Crippen LogP contribution in [0.3, 0.4) is 0 Å². The van der Waals surface area contributed by atoms with Crippen molar-refractivity contribution in [3.8, 4) is 0 Å². The Morgan fingerprint density at radius 3 is 2.60 bits per heavy atom. The Kier molecular flexibility index (Phi) is 4.64. The molecule has 1 atom stereocenters. The largest absolute Gasteiger partial charge is 0.294 e. The minimum absolute atomic E-state index is 0.147. The van der Waals surface area contributed by atoms with Crippen molar-refractivity contribution in [1.82, 2.24) is 9.73 Å². The molecule has 0 radical (unpaired) electrons. The van der Waals surface area contributed by atoms with Gasteiger partial charge in [-0.2, -0.15) is 4.31 Å². The molecular weight excluding hydrogens is 302 g/mol. The van der Waals surface area contributed by atoms with Gasteiger partial charge in [-0.05, 0) is 37.1 Å². The van der Waals surface area contributed by atoms with Gasteiger partial charge >= 0.3 is 0 Å². The molecule has 1 aromatic rings. The summed E-state index contributed by atoms with van der Waals surface area (Å²) in [5, 5.41) is 0.475. The maximum absolute atomic E-state index is 12.5. The zero-order valence-corrected chi connectivity index (χ0v) is 12.3. The fourth-order valence-electron chi connectivity index (χ4n) is 2.25. The predicted molar refractivity (Wildman–Crippen MR) is 75.3 cm³/mol. The number of halogens is 1. The van der Waals surface area contributed by atoms with Crippen LogP contribution < -0.4 is 11.3 Å². The van der Waals surface area contributed by atoms with Gasteiger partial charge in [0, 0.05) is 18.1 Å². The zero-order chi connectivity index (χ0) is 14.8. The lowest BCUT2D eigenvalue weighted by Crippen LogP contribution is -2.46. The molecule has 0 spiro atoms. The van der Waals surface area contributed by atoms with E-state index in [1.165, 1.54) is 28.6 Å². The van der Waals surface area contributed by atoms with Crippen molar-refractivity contribution in [2.24, 2.45) is 11.8 Å². The van der Waals surface area contributed by atoms with Crippen LogP contribution in [0.2, 0.25) is 5.02 Å². The van der Waals surface area contributed by atoms with Gasteiger partial charge in [-0.25, -0.2) is 14.3 Å². The SMILES string of the molecule is NNC(=O)[C@@H]1CCCN(S(=O)(=O)c2ccc(Cl)cc2)C1. The van der Waals surface area contributed by atoms with Gasteiger partial charge < -0.3 is 0 Å². The molecule has 0 aliphatic carbocycles. The Balaban J connectivity index is 2.21. The molecule has 1 aliphatic heterocycles. The molecule has 1 aliphatic rings. The van der Waals surface area contributed by atoms with E-state index in [0.717, 1.165) is 0 Å². The number of nitrogens with one attached hydrogen (secondary N) is 1. The minimum Gasteiger partial charge on any atom is -0.294 e. The summed E-state index contributed by atoms with van der Waals surface area (Å²) in [6.45, 7) is 0.549. The van der Waals surface area contributed by atoms with E-state index in [1.54, 1.807) is 0 Å². The molecule has 0 unspecified atom stereocenters. The van der Waals surface area contributed by atoms with Crippen LogP contribution in [0.15, 0.2) is 29.2 Å². The number of sulfonamides is 1. The first kappa shape index (κ1) is 15.2. The third-order valence-corrected chi connectivity index (χ3v) is 5.48. The first-order valence-electron chi connectivity index (χ1n) is 6.21. The summed E-state index contributed by atoms with van der Waals surface area (Å²) in [6, 6.07) is 5.99. The van der Waals surface area contributed by atoms with E-state index in [4.69, 9.17) is 17.4 Å². The monoisotopic (exact) mass is 317 g/mol. The fraction of sp³-hybridized carbons (Fsp3) is 0.417. The molecule has 8 heteroatoms. The summed E-state index contributed by atoms with van der Waals surface area (Å²) in [6.07, 6.45) is 1.26. The Morgan fingerprint density at radius 1 is 1.35 bits per heavy atom. The van der Waals surface area contributed by atoms with Crippen LogP contribution in [-0.4, -0.2) is 31.7 Å². The van der Waals surface area contributed by atoms with Crippen molar-refractivity contribution in [1.29, 1.82) is 0 Å². The Hall–Kier alpha value is -1.15. The van der Waals surface area contributed by atoms with Crippen LogP contribution >= 0.6 is 11.6 Å². The Bertz CT molecular complexity index is 588. The average Bonchev–Trinajstić information content (AvgIpc) is 2.47.